The standard InChI is InChI=1S/C52H92O6/c1-6-8-10-12-14-16-18-20-22-24-26-28-30-32-34-36-50(53)56-43-49(58-52(55)46(5)48-40-38-47(39-41-48)42-45(3)4)44-57-51(54)37-35-33-31-29-27-25-23-21-19-17-15-13-11-9-7-2/h38-41,45-46,49H,6-37,42-44H2,1-5H3. The third-order valence-corrected chi connectivity index (χ3v) is 11.6. The quantitative estimate of drug-likeness (QED) is 0.0372. The topological polar surface area (TPSA) is 78.9 Å². The van der Waals surface area contributed by atoms with E-state index >= 15 is 0 Å². The zero-order chi connectivity index (χ0) is 42.3. The monoisotopic (exact) mass is 813 g/mol. The van der Waals surface area contributed by atoms with E-state index in [-0.39, 0.29) is 25.2 Å². The van der Waals surface area contributed by atoms with E-state index in [9.17, 15) is 14.4 Å². The van der Waals surface area contributed by atoms with Crippen molar-refractivity contribution in [3.8, 4) is 0 Å². The maximum atomic E-state index is 13.3. The lowest BCUT2D eigenvalue weighted by Gasteiger charge is -2.21. The molecule has 0 N–H and O–H groups in total. The van der Waals surface area contributed by atoms with Crippen molar-refractivity contribution in [2.75, 3.05) is 13.2 Å². The highest BCUT2D eigenvalue weighted by Crippen LogP contribution is 2.21. The van der Waals surface area contributed by atoms with Crippen LogP contribution in [-0.2, 0) is 35.0 Å². The second kappa shape index (κ2) is 38.8. The van der Waals surface area contributed by atoms with Gasteiger partial charge in [-0.05, 0) is 43.2 Å². The Morgan fingerprint density at radius 2 is 0.759 bits per heavy atom. The molecule has 336 valence electrons. The molecule has 6 nitrogen and oxygen atoms in total. The molecule has 1 rings (SSSR count). The molecule has 6 heteroatoms. The minimum atomic E-state index is -0.842. The molecular weight excluding hydrogens is 721 g/mol. The number of rotatable bonds is 41. The van der Waals surface area contributed by atoms with Crippen molar-refractivity contribution in [2.24, 2.45) is 5.92 Å². The van der Waals surface area contributed by atoms with Crippen molar-refractivity contribution in [2.45, 2.75) is 259 Å². The van der Waals surface area contributed by atoms with Gasteiger partial charge in [-0.1, -0.05) is 232 Å². The zero-order valence-corrected chi connectivity index (χ0v) is 38.7. The van der Waals surface area contributed by atoms with Crippen LogP contribution in [-0.4, -0.2) is 37.2 Å². The maximum Gasteiger partial charge on any atom is 0.313 e. The van der Waals surface area contributed by atoms with Gasteiger partial charge in [-0.25, -0.2) is 0 Å². The van der Waals surface area contributed by atoms with Crippen LogP contribution in [0.5, 0.6) is 0 Å². The van der Waals surface area contributed by atoms with Gasteiger partial charge in [0.05, 0.1) is 5.92 Å². The van der Waals surface area contributed by atoms with Crippen molar-refractivity contribution in [3.63, 3.8) is 0 Å². The molecular formula is C52H92O6. The Kier molecular flexibility index (Phi) is 35.9. The Morgan fingerprint density at radius 3 is 1.07 bits per heavy atom. The molecule has 0 aliphatic heterocycles. The van der Waals surface area contributed by atoms with Gasteiger partial charge in [-0.15, -0.1) is 0 Å². The first-order valence-corrected chi connectivity index (χ1v) is 24.9. The van der Waals surface area contributed by atoms with Crippen LogP contribution < -0.4 is 0 Å². The number of hydrogen-bond acceptors (Lipinski definition) is 6. The Balaban J connectivity index is 2.36. The van der Waals surface area contributed by atoms with Gasteiger partial charge in [0, 0.05) is 12.8 Å². The summed E-state index contributed by atoms with van der Waals surface area (Å²) >= 11 is 0. The molecule has 0 aliphatic carbocycles. The van der Waals surface area contributed by atoms with Crippen LogP contribution in [0.25, 0.3) is 0 Å². The van der Waals surface area contributed by atoms with E-state index in [1.54, 1.807) is 0 Å². The molecule has 0 saturated carbocycles. The molecule has 58 heavy (non-hydrogen) atoms. The van der Waals surface area contributed by atoms with E-state index < -0.39 is 18.0 Å². The fourth-order valence-corrected chi connectivity index (χ4v) is 7.73. The molecule has 1 unspecified atom stereocenters. The predicted octanol–water partition coefficient (Wildman–Crippen LogP) is 15.5. The van der Waals surface area contributed by atoms with Crippen molar-refractivity contribution in [1.29, 1.82) is 0 Å². The van der Waals surface area contributed by atoms with Crippen molar-refractivity contribution in [1.82, 2.24) is 0 Å². The Bertz CT molecular complexity index is 1050. The zero-order valence-electron chi connectivity index (χ0n) is 38.7. The largest absolute Gasteiger partial charge is 0.462 e. The van der Waals surface area contributed by atoms with Crippen molar-refractivity contribution in [3.05, 3.63) is 35.4 Å². The van der Waals surface area contributed by atoms with Gasteiger partial charge in [0.15, 0.2) is 6.10 Å². The predicted molar refractivity (Wildman–Crippen MR) is 244 cm³/mol. The second-order valence-corrected chi connectivity index (χ2v) is 17.9. The minimum Gasteiger partial charge on any atom is -0.462 e. The van der Waals surface area contributed by atoms with E-state index in [0.717, 1.165) is 50.5 Å². The van der Waals surface area contributed by atoms with Crippen LogP contribution >= 0.6 is 0 Å². The van der Waals surface area contributed by atoms with E-state index in [1.807, 2.05) is 19.1 Å². The molecule has 0 saturated heterocycles. The third-order valence-electron chi connectivity index (χ3n) is 11.6. The normalized spacial score (nSPS) is 12.0. The van der Waals surface area contributed by atoms with Crippen LogP contribution in [0.4, 0.5) is 0 Å². The summed E-state index contributed by atoms with van der Waals surface area (Å²) in [6, 6.07) is 8.09. The molecule has 0 amide bonds. The summed E-state index contributed by atoms with van der Waals surface area (Å²) in [5.74, 6) is -0.957. The first-order chi connectivity index (χ1) is 28.3. The summed E-state index contributed by atoms with van der Waals surface area (Å²) in [5.41, 5.74) is 2.10. The van der Waals surface area contributed by atoms with Gasteiger partial charge < -0.3 is 14.2 Å². The van der Waals surface area contributed by atoms with E-state index in [1.165, 1.54) is 160 Å². The highest BCUT2D eigenvalue weighted by Gasteiger charge is 2.24. The van der Waals surface area contributed by atoms with Gasteiger partial charge in [-0.2, -0.15) is 0 Å². The van der Waals surface area contributed by atoms with E-state index in [4.69, 9.17) is 14.2 Å². The summed E-state index contributed by atoms with van der Waals surface area (Å²) in [4.78, 5) is 38.6. The first kappa shape index (κ1) is 53.6. The number of hydrogen-bond donors (Lipinski definition) is 0. The maximum absolute atomic E-state index is 13.3. The number of ether oxygens (including phenoxy) is 3. The summed E-state index contributed by atoms with van der Waals surface area (Å²) in [6.07, 6.45) is 39.0. The minimum absolute atomic E-state index is 0.115. The lowest BCUT2D eigenvalue weighted by molar-refractivity contribution is -0.167. The lowest BCUT2D eigenvalue weighted by atomic mass is 9.97. The third kappa shape index (κ3) is 32.5. The SMILES string of the molecule is CCCCCCCCCCCCCCCCCC(=O)OCC(COC(=O)CCCCCCCCCCCCCCCCC)OC(=O)C(C)c1ccc(CC(C)C)cc1. The molecule has 0 aromatic heterocycles. The molecule has 0 bridgehead atoms. The molecule has 0 spiro atoms. The summed E-state index contributed by atoms with van der Waals surface area (Å²) in [6.45, 7) is 10.5. The molecule has 1 aromatic carbocycles. The molecule has 0 radical (unpaired) electrons. The summed E-state index contributed by atoms with van der Waals surface area (Å²) in [5, 5.41) is 0. The Labute approximate surface area is 358 Å². The van der Waals surface area contributed by atoms with Crippen LogP contribution in [0, 0.1) is 5.92 Å². The number of carbonyl (C=O) groups excluding carboxylic acids is 3. The molecule has 1 atom stereocenters. The fraction of sp³-hybridized carbons (Fsp3) is 0.827. The summed E-state index contributed by atoms with van der Waals surface area (Å²) < 4.78 is 17.0. The van der Waals surface area contributed by atoms with Crippen LogP contribution in [0.2, 0.25) is 0 Å². The Morgan fingerprint density at radius 1 is 0.448 bits per heavy atom. The second-order valence-electron chi connectivity index (χ2n) is 17.9. The van der Waals surface area contributed by atoms with Gasteiger partial charge in [0.1, 0.15) is 13.2 Å². The van der Waals surface area contributed by atoms with Gasteiger partial charge >= 0.3 is 17.9 Å². The van der Waals surface area contributed by atoms with Crippen molar-refractivity contribution >= 4 is 17.9 Å². The van der Waals surface area contributed by atoms with E-state index in [2.05, 4.69) is 39.8 Å². The Hall–Kier alpha value is -2.37. The highest BCUT2D eigenvalue weighted by molar-refractivity contribution is 5.78. The van der Waals surface area contributed by atoms with Gasteiger partial charge in [0.2, 0.25) is 0 Å². The number of esters is 3. The highest BCUT2D eigenvalue weighted by atomic mass is 16.6. The smallest absolute Gasteiger partial charge is 0.313 e. The number of benzene rings is 1. The average molecular weight is 813 g/mol. The average Bonchev–Trinajstić information content (AvgIpc) is 3.21. The number of unbranched alkanes of at least 4 members (excludes halogenated alkanes) is 28. The molecule has 1 aromatic rings. The van der Waals surface area contributed by atoms with Crippen molar-refractivity contribution < 1.29 is 28.6 Å². The van der Waals surface area contributed by atoms with Crippen LogP contribution in [0.3, 0.4) is 0 Å². The number of carbonyl (C=O) groups is 3. The van der Waals surface area contributed by atoms with Gasteiger partial charge in [0.25, 0.3) is 0 Å². The fourth-order valence-electron chi connectivity index (χ4n) is 7.73. The van der Waals surface area contributed by atoms with Crippen LogP contribution in [0.1, 0.15) is 257 Å². The van der Waals surface area contributed by atoms with E-state index in [0.29, 0.717) is 18.8 Å². The molecule has 0 heterocycles. The molecule has 0 aliphatic rings. The molecule has 0 fully saturated rings. The van der Waals surface area contributed by atoms with Gasteiger partial charge in [-0.3, -0.25) is 14.4 Å². The lowest BCUT2D eigenvalue weighted by Crippen LogP contribution is -2.32. The van der Waals surface area contributed by atoms with Crippen LogP contribution in [0.15, 0.2) is 24.3 Å². The summed E-state index contributed by atoms with van der Waals surface area (Å²) in [7, 11) is 0. The first-order valence-electron chi connectivity index (χ1n) is 24.9.